The standard InChI is InChI=1S/C8H13NO/c1-2-8(9)5-7-3-4-10-6-7/h3-4,6,8H,2,5,9H2,1H3. The molecule has 2 nitrogen and oxygen atoms in total. The van der Waals surface area contributed by atoms with Gasteiger partial charge in [-0.25, -0.2) is 0 Å². The average Bonchev–Trinajstić information content (AvgIpc) is 2.40. The molecule has 0 bridgehead atoms. The maximum absolute atomic E-state index is 5.72. The summed E-state index contributed by atoms with van der Waals surface area (Å²) in [6.07, 6.45) is 5.37. The maximum atomic E-state index is 5.72. The van der Waals surface area contributed by atoms with Crippen LogP contribution in [0.2, 0.25) is 0 Å². The van der Waals surface area contributed by atoms with Gasteiger partial charge in [0.25, 0.3) is 0 Å². The van der Waals surface area contributed by atoms with Crippen molar-refractivity contribution >= 4 is 0 Å². The van der Waals surface area contributed by atoms with Crippen LogP contribution in [0.3, 0.4) is 0 Å². The molecule has 10 heavy (non-hydrogen) atoms. The van der Waals surface area contributed by atoms with Crippen LogP contribution in [0.4, 0.5) is 0 Å². The highest BCUT2D eigenvalue weighted by Crippen LogP contribution is 2.03. The van der Waals surface area contributed by atoms with E-state index in [0.29, 0.717) is 0 Å². The second-order valence-corrected chi connectivity index (χ2v) is 2.50. The predicted octanol–water partition coefficient (Wildman–Crippen LogP) is 1.56. The molecule has 0 fully saturated rings. The molecule has 1 rings (SSSR count). The Morgan fingerprint density at radius 2 is 2.50 bits per heavy atom. The van der Waals surface area contributed by atoms with Gasteiger partial charge in [-0.15, -0.1) is 0 Å². The zero-order valence-corrected chi connectivity index (χ0v) is 6.21. The topological polar surface area (TPSA) is 39.2 Å². The fourth-order valence-corrected chi connectivity index (χ4v) is 0.856. The lowest BCUT2D eigenvalue weighted by Crippen LogP contribution is -2.20. The van der Waals surface area contributed by atoms with E-state index in [4.69, 9.17) is 10.2 Å². The Morgan fingerprint density at radius 3 is 3.00 bits per heavy atom. The summed E-state index contributed by atoms with van der Waals surface area (Å²) in [6.45, 7) is 2.09. The summed E-state index contributed by atoms with van der Waals surface area (Å²) in [6, 6.07) is 2.23. The lowest BCUT2D eigenvalue weighted by atomic mass is 10.1. The van der Waals surface area contributed by atoms with Crippen molar-refractivity contribution in [3.05, 3.63) is 24.2 Å². The molecule has 1 atom stereocenters. The summed E-state index contributed by atoms with van der Waals surface area (Å²) in [5.74, 6) is 0. The van der Waals surface area contributed by atoms with Gasteiger partial charge in [-0.2, -0.15) is 0 Å². The fraction of sp³-hybridized carbons (Fsp3) is 0.500. The molecule has 0 aliphatic carbocycles. The van der Waals surface area contributed by atoms with Crippen molar-refractivity contribution in [1.82, 2.24) is 0 Å². The number of hydrogen-bond acceptors (Lipinski definition) is 2. The van der Waals surface area contributed by atoms with Crippen LogP contribution < -0.4 is 5.73 Å². The molecule has 0 radical (unpaired) electrons. The van der Waals surface area contributed by atoms with Gasteiger partial charge in [0, 0.05) is 6.04 Å². The van der Waals surface area contributed by atoms with Gasteiger partial charge in [-0.3, -0.25) is 0 Å². The van der Waals surface area contributed by atoms with Crippen LogP contribution in [0.1, 0.15) is 18.9 Å². The second-order valence-electron chi connectivity index (χ2n) is 2.50. The van der Waals surface area contributed by atoms with Crippen LogP contribution >= 0.6 is 0 Å². The molecular weight excluding hydrogens is 126 g/mol. The molecule has 1 aromatic rings. The van der Waals surface area contributed by atoms with Gasteiger partial charge < -0.3 is 10.2 Å². The Morgan fingerprint density at radius 1 is 1.70 bits per heavy atom. The first-order valence-electron chi connectivity index (χ1n) is 3.59. The summed E-state index contributed by atoms with van der Waals surface area (Å²) >= 11 is 0. The number of furan rings is 1. The van der Waals surface area contributed by atoms with E-state index in [0.717, 1.165) is 12.8 Å². The van der Waals surface area contributed by atoms with E-state index in [1.807, 2.05) is 6.07 Å². The Hall–Kier alpha value is -0.760. The molecule has 1 heterocycles. The Balaban J connectivity index is 2.40. The maximum Gasteiger partial charge on any atom is 0.0935 e. The average molecular weight is 139 g/mol. The molecule has 0 amide bonds. The van der Waals surface area contributed by atoms with E-state index in [-0.39, 0.29) is 6.04 Å². The molecule has 1 aromatic heterocycles. The minimum absolute atomic E-state index is 0.276. The highest BCUT2D eigenvalue weighted by Gasteiger charge is 2.00. The first-order chi connectivity index (χ1) is 4.83. The van der Waals surface area contributed by atoms with Gasteiger partial charge >= 0.3 is 0 Å². The first kappa shape index (κ1) is 7.35. The van der Waals surface area contributed by atoms with Crippen molar-refractivity contribution < 1.29 is 4.42 Å². The van der Waals surface area contributed by atoms with E-state index in [9.17, 15) is 0 Å². The summed E-state index contributed by atoms with van der Waals surface area (Å²) in [4.78, 5) is 0. The van der Waals surface area contributed by atoms with Crippen molar-refractivity contribution in [2.75, 3.05) is 0 Å². The molecular formula is C8H13NO. The van der Waals surface area contributed by atoms with Crippen molar-refractivity contribution in [2.24, 2.45) is 5.73 Å². The zero-order valence-electron chi connectivity index (χ0n) is 6.21. The molecule has 0 aliphatic heterocycles. The van der Waals surface area contributed by atoms with E-state index in [1.54, 1.807) is 12.5 Å². The largest absolute Gasteiger partial charge is 0.472 e. The highest BCUT2D eigenvalue weighted by molar-refractivity contribution is 5.06. The molecule has 0 saturated heterocycles. The monoisotopic (exact) mass is 139 g/mol. The highest BCUT2D eigenvalue weighted by atomic mass is 16.3. The summed E-state index contributed by atoms with van der Waals surface area (Å²) in [7, 11) is 0. The molecule has 0 spiro atoms. The Labute approximate surface area is 61.0 Å². The lowest BCUT2D eigenvalue weighted by molar-refractivity contribution is 0.559. The normalized spacial score (nSPS) is 13.4. The smallest absolute Gasteiger partial charge is 0.0935 e. The number of rotatable bonds is 3. The van der Waals surface area contributed by atoms with Crippen LogP contribution in [0.5, 0.6) is 0 Å². The van der Waals surface area contributed by atoms with E-state index < -0.39 is 0 Å². The van der Waals surface area contributed by atoms with Crippen molar-refractivity contribution in [3.63, 3.8) is 0 Å². The third kappa shape index (κ3) is 1.88. The van der Waals surface area contributed by atoms with Crippen LogP contribution in [-0.2, 0) is 6.42 Å². The van der Waals surface area contributed by atoms with E-state index in [2.05, 4.69) is 6.92 Å². The quantitative estimate of drug-likeness (QED) is 0.690. The van der Waals surface area contributed by atoms with Crippen LogP contribution in [0.15, 0.2) is 23.0 Å². The van der Waals surface area contributed by atoms with Crippen LogP contribution in [-0.4, -0.2) is 6.04 Å². The third-order valence-corrected chi connectivity index (χ3v) is 1.60. The van der Waals surface area contributed by atoms with Crippen LogP contribution in [0.25, 0.3) is 0 Å². The van der Waals surface area contributed by atoms with Gasteiger partial charge in [-0.05, 0) is 24.5 Å². The van der Waals surface area contributed by atoms with Gasteiger partial charge in [0.05, 0.1) is 12.5 Å². The molecule has 0 aromatic carbocycles. The summed E-state index contributed by atoms with van der Waals surface area (Å²) in [5.41, 5.74) is 6.91. The van der Waals surface area contributed by atoms with Crippen LogP contribution in [0, 0.1) is 0 Å². The first-order valence-corrected chi connectivity index (χ1v) is 3.59. The molecule has 2 N–H and O–H groups in total. The van der Waals surface area contributed by atoms with E-state index in [1.165, 1.54) is 5.56 Å². The van der Waals surface area contributed by atoms with Crippen molar-refractivity contribution in [2.45, 2.75) is 25.8 Å². The Bertz CT molecular complexity index is 169. The Kier molecular flexibility index (Phi) is 2.51. The van der Waals surface area contributed by atoms with Gasteiger partial charge in [0.15, 0.2) is 0 Å². The predicted molar refractivity (Wildman–Crippen MR) is 40.7 cm³/mol. The van der Waals surface area contributed by atoms with Gasteiger partial charge in [0.1, 0.15) is 0 Å². The minimum Gasteiger partial charge on any atom is -0.472 e. The van der Waals surface area contributed by atoms with Gasteiger partial charge in [-0.1, -0.05) is 6.92 Å². The molecule has 0 saturated carbocycles. The molecule has 2 heteroatoms. The van der Waals surface area contributed by atoms with Crippen molar-refractivity contribution in [1.29, 1.82) is 0 Å². The third-order valence-electron chi connectivity index (χ3n) is 1.60. The molecule has 0 aliphatic rings. The zero-order chi connectivity index (χ0) is 7.40. The number of hydrogen-bond donors (Lipinski definition) is 1. The fourth-order valence-electron chi connectivity index (χ4n) is 0.856. The molecule has 56 valence electrons. The minimum atomic E-state index is 0.276. The molecule has 1 unspecified atom stereocenters. The lowest BCUT2D eigenvalue weighted by Gasteiger charge is -2.04. The van der Waals surface area contributed by atoms with E-state index >= 15 is 0 Å². The summed E-state index contributed by atoms with van der Waals surface area (Å²) in [5, 5.41) is 0. The van der Waals surface area contributed by atoms with Gasteiger partial charge in [0.2, 0.25) is 0 Å². The number of nitrogens with two attached hydrogens (primary N) is 1. The summed E-state index contributed by atoms with van der Waals surface area (Å²) < 4.78 is 4.90. The SMILES string of the molecule is CCC(N)Cc1ccoc1. The van der Waals surface area contributed by atoms with Crippen molar-refractivity contribution in [3.8, 4) is 0 Å². The second kappa shape index (κ2) is 3.42.